The molecular formula is C8H6BrNO4. The third-order valence-corrected chi connectivity index (χ3v) is 2.08. The van der Waals surface area contributed by atoms with Crippen molar-refractivity contribution < 1.29 is 14.8 Å². The standard InChI is InChI=1S/C8H6BrNO4/c9-6-2-1-5(3-8(11)12)7(4-6)10(13)14/h1-2,4H,3H2,(H,11,12). The average Bonchev–Trinajstić information content (AvgIpc) is 2.07. The van der Waals surface area contributed by atoms with Crippen molar-refractivity contribution in [3.8, 4) is 0 Å². The van der Waals surface area contributed by atoms with Gasteiger partial charge in [-0.05, 0) is 6.07 Å². The molecule has 0 amide bonds. The Hall–Kier alpha value is -1.43. The van der Waals surface area contributed by atoms with Crippen LogP contribution in [0.5, 0.6) is 0 Å². The highest BCUT2D eigenvalue weighted by Gasteiger charge is 2.15. The van der Waals surface area contributed by atoms with E-state index >= 15 is 0 Å². The summed E-state index contributed by atoms with van der Waals surface area (Å²) in [6.45, 7) is 0. The van der Waals surface area contributed by atoms with Crippen LogP contribution in [0.3, 0.4) is 0 Å². The summed E-state index contributed by atoms with van der Waals surface area (Å²) in [6, 6.07) is 4.29. The molecule has 74 valence electrons. The molecule has 1 N–H and O–H groups in total. The van der Waals surface area contributed by atoms with Crippen LogP contribution in [-0.4, -0.2) is 16.0 Å². The molecule has 0 unspecified atom stereocenters. The number of hydrogen-bond donors (Lipinski definition) is 1. The fourth-order valence-electron chi connectivity index (χ4n) is 1.02. The van der Waals surface area contributed by atoms with Gasteiger partial charge in [0.05, 0.1) is 11.3 Å². The Bertz CT molecular complexity index is 391. The molecule has 0 saturated heterocycles. The SMILES string of the molecule is O=C(O)Cc1ccc(Br)cc1[N+](=O)[O-]. The molecule has 0 aliphatic rings. The molecule has 0 spiro atoms. The minimum Gasteiger partial charge on any atom is -0.481 e. The van der Waals surface area contributed by atoms with E-state index < -0.39 is 10.9 Å². The van der Waals surface area contributed by atoms with E-state index in [4.69, 9.17) is 5.11 Å². The molecule has 14 heavy (non-hydrogen) atoms. The molecule has 0 saturated carbocycles. The molecular weight excluding hydrogens is 254 g/mol. The van der Waals surface area contributed by atoms with Crippen LogP contribution in [0, 0.1) is 10.1 Å². The van der Waals surface area contributed by atoms with E-state index in [0.717, 1.165) is 0 Å². The summed E-state index contributed by atoms with van der Waals surface area (Å²) in [4.78, 5) is 20.3. The quantitative estimate of drug-likeness (QED) is 0.665. The first-order valence-corrected chi connectivity index (χ1v) is 4.44. The largest absolute Gasteiger partial charge is 0.481 e. The molecule has 0 radical (unpaired) electrons. The van der Waals surface area contributed by atoms with Crippen LogP contribution in [0.25, 0.3) is 0 Å². The van der Waals surface area contributed by atoms with Crippen molar-refractivity contribution in [2.75, 3.05) is 0 Å². The first kappa shape index (κ1) is 10.6. The first-order chi connectivity index (χ1) is 6.50. The second kappa shape index (κ2) is 4.19. The monoisotopic (exact) mass is 259 g/mol. The predicted octanol–water partition coefficient (Wildman–Crippen LogP) is 1.98. The summed E-state index contributed by atoms with van der Waals surface area (Å²) in [7, 11) is 0. The Labute approximate surface area is 87.6 Å². The van der Waals surface area contributed by atoms with Gasteiger partial charge in [0.15, 0.2) is 0 Å². The lowest BCUT2D eigenvalue weighted by molar-refractivity contribution is -0.385. The lowest BCUT2D eigenvalue weighted by Crippen LogP contribution is -2.03. The zero-order valence-electron chi connectivity index (χ0n) is 6.94. The maximum Gasteiger partial charge on any atom is 0.308 e. The van der Waals surface area contributed by atoms with Crippen molar-refractivity contribution >= 4 is 27.6 Å². The molecule has 0 aromatic heterocycles. The Morgan fingerprint density at radius 2 is 2.21 bits per heavy atom. The van der Waals surface area contributed by atoms with Crippen LogP contribution in [0.2, 0.25) is 0 Å². The van der Waals surface area contributed by atoms with Crippen molar-refractivity contribution in [2.45, 2.75) is 6.42 Å². The molecule has 1 aromatic rings. The number of nitro benzene ring substituents is 1. The fourth-order valence-corrected chi connectivity index (χ4v) is 1.37. The van der Waals surface area contributed by atoms with Crippen LogP contribution in [-0.2, 0) is 11.2 Å². The van der Waals surface area contributed by atoms with E-state index in [1.54, 1.807) is 6.07 Å². The lowest BCUT2D eigenvalue weighted by atomic mass is 10.1. The molecule has 0 fully saturated rings. The summed E-state index contributed by atoms with van der Waals surface area (Å²) in [5, 5.41) is 19.1. The van der Waals surface area contributed by atoms with E-state index in [1.807, 2.05) is 0 Å². The van der Waals surface area contributed by atoms with Crippen molar-refractivity contribution in [1.29, 1.82) is 0 Å². The predicted molar refractivity (Wildman–Crippen MR) is 52.1 cm³/mol. The van der Waals surface area contributed by atoms with Crippen LogP contribution in [0.1, 0.15) is 5.56 Å². The number of halogens is 1. The smallest absolute Gasteiger partial charge is 0.308 e. The number of carbonyl (C=O) groups is 1. The van der Waals surface area contributed by atoms with Crippen LogP contribution >= 0.6 is 15.9 Å². The average molecular weight is 260 g/mol. The molecule has 0 atom stereocenters. The normalized spacial score (nSPS) is 9.79. The second-order valence-electron chi connectivity index (χ2n) is 2.60. The number of nitrogens with zero attached hydrogens (tertiary/aromatic N) is 1. The molecule has 0 heterocycles. The molecule has 0 aliphatic heterocycles. The van der Waals surface area contributed by atoms with Gasteiger partial charge in [0, 0.05) is 16.1 Å². The van der Waals surface area contributed by atoms with E-state index in [2.05, 4.69) is 15.9 Å². The van der Waals surface area contributed by atoms with Gasteiger partial charge in [-0.15, -0.1) is 0 Å². The number of aliphatic carboxylic acids is 1. The van der Waals surface area contributed by atoms with Crippen molar-refractivity contribution in [3.63, 3.8) is 0 Å². The van der Waals surface area contributed by atoms with E-state index in [-0.39, 0.29) is 17.7 Å². The number of benzene rings is 1. The Morgan fingerprint density at radius 1 is 1.57 bits per heavy atom. The molecule has 0 aliphatic carbocycles. The molecule has 6 heteroatoms. The highest BCUT2D eigenvalue weighted by molar-refractivity contribution is 9.10. The molecule has 0 bridgehead atoms. The minimum absolute atomic E-state index is 0.179. The summed E-state index contributed by atoms with van der Waals surface area (Å²) in [5.41, 5.74) is 0.0208. The third-order valence-electron chi connectivity index (χ3n) is 1.59. The zero-order valence-corrected chi connectivity index (χ0v) is 8.52. The Kier molecular flexibility index (Phi) is 3.19. The maximum atomic E-state index is 10.5. The number of carboxylic acid groups (broad SMARTS) is 1. The summed E-state index contributed by atoms with van der Waals surface area (Å²) in [5.74, 6) is -1.09. The second-order valence-corrected chi connectivity index (χ2v) is 3.52. The Morgan fingerprint density at radius 3 is 2.71 bits per heavy atom. The van der Waals surface area contributed by atoms with E-state index in [1.165, 1.54) is 12.1 Å². The maximum absolute atomic E-state index is 10.5. The highest BCUT2D eigenvalue weighted by atomic mass is 79.9. The molecule has 1 aromatic carbocycles. The van der Waals surface area contributed by atoms with Gasteiger partial charge in [0.2, 0.25) is 0 Å². The van der Waals surface area contributed by atoms with Crippen molar-refractivity contribution in [3.05, 3.63) is 38.3 Å². The van der Waals surface area contributed by atoms with Crippen molar-refractivity contribution in [2.24, 2.45) is 0 Å². The van der Waals surface area contributed by atoms with Gasteiger partial charge in [-0.1, -0.05) is 22.0 Å². The van der Waals surface area contributed by atoms with Crippen LogP contribution in [0.4, 0.5) is 5.69 Å². The van der Waals surface area contributed by atoms with Gasteiger partial charge in [0.25, 0.3) is 5.69 Å². The minimum atomic E-state index is -1.09. The highest BCUT2D eigenvalue weighted by Crippen LogP contribution is 2.23. The molecule has 5 nitrogen and oxygen atoms in total. The Balaban J connectivity index is 3.14. The summed E-state index contributed by atoms with van der Waals surface area (Å²) < 4.78 is 0.554. The number of rotatable bonds is 3. The zero-order chi connectivity index (χ0) is 10.7. The summed E-state index contributed by atoms with van der Waals surface area (Å²) >= 11 is 3.08. The fraction of sp³-hybridized carbons (Fsp3) is 0.125. The van der Waals surface area contributed by atoms with Gasteiger partial charge in [-0.2, -0.15) is 0 Å². The molecule has 1 rings (SSSR count). The van der Waals surface area contributed by atoms with E-state index in [0.29, 0.717) is 4.47 Å². The lowest BCUT2D eigenvalue weighted by Gasteiger charge is -1.99. The van der Waals surface area contributed by atoms with Gasteiger partial charge in [-0.25, -0.2) is 0 Å². The van der Waals surface area contributed by atoms with Crippen LogP contribution < -0.4 is 0 Å². The van der Waals surface area contributed by atoms with Gasteiger partial charge < -0.3 is 5.11 Å². The third kappa shape index (κ3) is 2.53. The van der Waals surface area contributed by atoms with Gasteiger partial charge >= 0.3 is 5.97 Å². The summed E-state index contributed by atoms with van der Waals surface area (Å²) in [6.07, 6.45) is -0.344. The van der Waals surface area contributed by atoms with Gasteiger partial charge in [0.1, 0.15) is 0 Å². The number of nitro groups is 1. The van der Waals surface area contributed by atoms with Crippen molar-refractivity contribution in [1.82, 2.24) is 0 Å². The topological polar surface area (TPSA) is 80.4 Å². The first-order valence-electron chi connectivity index (χ1n) is 3.65. The van der Waals surface area contributed by atoms with Crippen LogP contribution in [0.15, 0.2) is 22.7 Å². The van der Waals surface area contributed by atoms with E-state index in [9.17, 15) is 14.9 Å². The van der Waals surface area contributed by atoms with Gasteiger partial charge in [-0.3, -0.25) is 14.9 Å². The number of hydrogen-bond acceptors (Lipinski definition) is 3. The number of carboxylic acids is 1.